The Morgan fingerprint density at radius 3 is 2.28 bits per heavy atom. The second-order valence-electron chi connectivity index (χ2n) is 4.92. The van der Waals surface area contributed by atoms with Crippen molar-refractivity contribution in [2.75, 3.05) is 27.2 Å². The van der Waals surface area contributed by atoms with Crippen LogP contribution in [0.4, 0.5) is 0 Å². The Labute approximate surface area is 109 Å². The Morgan fingerprint density at radius 1 is 1.33 bits per heavy atom. The Bertz CT molecular complexity index is 324. The molecule has 0 radical (unpaired) electrons. The Hall–Kier alpha value is -1.36. The zero-order valence-electron chi connectivity index (χ0n) is 12.1. The van der Waals surface area contributed by atoms with Crippen LogP contribution in [0, 0.1) is 0 Å². The van der Waals surface area contributed by atoms with Crippen LogP contribution in [0.15, 0.2) is 12.2 Å². The van der Waals surface area contributed by atoms with Crippen molar-refractivity contribution in [1.29, 1.82) is 0 Å². The van der Waals surface area contributed by atoms with E-state index in [9.17, 15) is 9.59 Å². The van der Waals surface area contributed by atoms with Crippen molar-refractivity contribution in [2.45, 2.75) is 33.4 Å². The van der Waals surface area contributed by atoms with E-state index in [0.717, 1.165) is 6.42 Å². The van der Waals surface area contributed by atoms with Crippen molar-refractivity contribution in [3.8, 4) is 0 Å². The van der Waals surface area contributed by atoms with Crippen LogP contribution >= 0.6 is 0 Å². The van der Waals surface area contributed by atoms with Crippen LogP contribution < -0.4 is 5.32 Å². The molecule has 0 fully saturated rings. The van der Waals surface area contributed by atoms with Gasteiger partial charge >= 0.3 is 5.97 Å². The molecule has 0 aromatic carbocycles. The van der Waals surface area contributed by atoms with Crippen molar-refractivity contribution in [3.63, 3.8) is 0 Å². The monoisotopic (exact) mass is 257 g/mol. The smallest absolute Gasteiger partial charge is 0.361 e. The molecule has 5 heteroatoms. The van der Waals surface area contributed by atoms with Crippen LogP contribution in [-0.4, -0.2) is 49.8 Å². The molecule has 18 heavy (non-hydrogen) atoms. The maximum atomic E-state index is 11.6. The van der Waals surface area contributed by atoms with Gasteiger partial charge in [0.25, 0.3) is 5.91 Å². The number of carbonyl (C=O) groups excluding carboxylic acids is 2. The van der Waals surface area contributed by atoms with Gasteiger partial charge in [-0.15, -0.1) is 0 Å². The Morgan fingerprint density at radius 2 is 1.89 bits per heavy atom. The van der Waals surface area contributed by atoms with Gasteiger partial charge in [0.15, 0.2) is 12.7 Å². The van der Waals surface area contributed by atoms with Crippen LogP contribution in [0.25, 0.3) is 0 Å². The number of hydrogen-bond acceptors (Lipinski definition) is 3. The zero-order valence-corrected chi connectivity index (χ0v) is 12.1. The molecule has 5 nitrogen and oxygen atoms in total. The van der Waals surface area contributed by atoms with Crippen LogP contribution in [0.1, 0.15) is 27.2 Å². The van der Waals surface area contributed by atoms with E-state index in [1.165, 1.54) is 0 Å². The van der Waals surface area contributed by atoms with E-state index < -0.39 is 0 Å². The number of amides is 1. The number of carbonyl (C=O) groups is 2. The lowest BCUT2D eigenvalue weighted by atomic mass is 10.2. The first-order valence-corrected chi connectivity index (χ1v) is 6.19. The molecule has 0 saturated heterocycles. The third-order valence-electron chi connectivity index (χ3n) is 2.76. The first-order chi connectivity index (χ1) is 8.24. The van der Waals surface area contributed by atoms with Gasteiger partial charge in [0.2, 0.25) is 0 Å². The Kier molecular flexibility index (Phi) is 6.62. The second kappa shape index (κ2) is 7.16. The topological polar surface area (TPSA) is 55.4 Å². The molecule has 0 aromatic heterocycles. The molecule has 0 bridgehead atoms. The van der Waals surface area contributed by atoms with Crippen molar-refractivity contribution in [3.05, 3.63) is 12.2 Å². The van der Waals surface area contributed by atoms with E-state index in [1.54, 1.807) is 13.8 Å². The third kappa shape index (κ3) is 5.31. The first kappa shape index (κ1) is 16.6. The molecule has 0 saturated carbocycles. The van der Waals surface area contributed by atoms with E-state index in [2.05, 4.69) is 11.9 Å². The van der Waals surface area contributed by atoms with Crippen molar-refractivity contribution < 1.29 is 18.8 Å². The van der Waals surface area contributed by atoms with Gasteiger partial charge in [-0.05, 0) is 13.8 Å². The average Bonchev–Trinajstić information content (AvgIpc) is 2.24. The minimum Gasteiger partial charge on any atom is -0.462 e. The van der Waals surface area contributed by atoms with E-state index in [4.69, 9.17) is 4.74 Å². The normalized spacial score (nSPS) is 12.7. The fourth-order valence-electron chi connectivity index (χ4n) is 1.70. The molecule has 1 unspecified atom stereocenters. The molecule has 104 valence electrons. The van der Waals surface area contributed by atoms with Crippen LogP contribution in [0.2, 0.25) is 0 Å². The van der Waals surface area contributed by atoms with Gasteiger partial charge < -0.3 is 10.1 Å². The summed E-state index contributed by atoms with van der Waals surface area (Å²) >= 11 is 0. The van der Waals surface area contributed by atoms with E-state index >= 15 is 0 Å². The minimum absolute atomic E-state index is 0.140. The summed E-state index contributed by atoms with van der Waals surface area (Å²) in [6.45, 7) is 9.60. The zero-order chi connectivity index (χ0) is 14.3. The molecule has 0 aliphatic heterocycles. The number of nitrogens with one attached hydrogen (secondary N) is 1. The second-order valence-corrected chi connectivity index (χ2v) is 4.92. The summed E-state index contributed by atoms with van der Waals surface area (Å²) in [5.74, 6) is -0.442. The van der Waals surface area contributed by atoms with Crippen molar-refractivity contribution in [2.24, 2.45) is 0 Å². The van der Waals surface area contributed by atoms with Gasteiger partial charge in [-0.25, -0.2) is 4.79 Å². The molecule has 1 amide bonds. The van der Waals surface area contributed by atoms with Crippen LogP contribution in [-0.2, 0) is 14.3 Å². The molecule has 0 aliphatic carbocycles. The summed E-state index contributed by atoms with van der Waals surface area (Å²) in [5.41, 5.74) is 0.463. The van der Waals surface area contributed by atoms with Gasteiger partial charge in [0.05, 0.1) is 20.7 Å². The lowest BCUT2D eigenvalue weighted by molar-refractivity contribution is -0.910. The molecule has 1 atom stereocenters. The van der Waals surface area contributed by atoms with Gasteiger partial charge in [0, 0.05) is 12.0 Å². The fraction of sp³-hybridized carbons (Fsp3) is 0.692. The fourth-order valence-corrected chi connectivity index (χ4v) is 1.70. The van der Waals surface area contributed by atoms with Crippen LogP contribution in [0.5, 0.6) is 0 Å². The number of likely N-dealkylation sites (N-methyl/N-ethyl adjacent to an activating group) is 1. The lowest BCUT2D eigenvalue weighted by Gasteiger charge is -2.36. The van der Waals surface area contributed by atoms with Gasteiger partial charge in [-0.3, -0.25) is 9.28 Å². The molecule has 0 aliphatic rings. The highest BCUT2D eigenvalue weighted by Gasteiger charge is 2.31. The summed E-state index contributed by atoms with van der Waals surface area (Å²) in [7, 11) is 3.79. The maximum Gasteiger partial charge on any atom is 0.361 e. The summed E-state index contributed by atoms with van der Waals surface area (Å²) in [4.78, 5) is 23.2. The molecule has 0 aromatic rings. The molecule has 0 spiro atoms. The van der Waals surface area contributed by atoms with E-state index in [-0.39, 0.29) is 24.6 Å². The molecule has 0 rings (SSSR count). The van der Waals surface area contributed by atoms with Crippen LogP contribution in [0.3, 0.4) is 0 Å². The first-order valence-electron chi connectivity index (χ1n) is 6.19. The summed E-state index contributed by atoms with van der Waals surface area (Å²) in [5, 5.41) is 2.88. The van der Waals surface area contributed by atoms with E-state index in [0.29, 0.717) is 16.7 Å². The molecular weight excluding hydrogens is 232 g/mol. The van der Waals surface area contributed by atoms with Gasteiger partial charge in [-0.2, -0.15) is 0 Å². The highest BCUT2D eigenvalue weighted by atomic mass is 16.5. The largest absolute Gasteiger partial charge is 0.462 e. The minimum atomic E-state index is -0.259. The summed E-state index contributed by atoms with van der Waals surface area (Å²) in [6, 6.07) is 0. The van der Waals surface area contributed by atoms with Gasteiger partial charge in [-0.1, -0.05) is 13.5 Å². The predicted molar refractivity (Wildman–Crippen MR) is 70.6 cm³/mol. The van der Waals surface area contributed by atoms with E-state index in [1.807, 2.05) is 21.0 Å². The van der Waals surface area contributed by atoms with Crippen molar-refractivity contribution >= 4 is 11.9 Å². The predicted octanol–water partition coefficient (Wildman–Crippen LogP) is 1.05. The number of quaternary nitrogens is 1. The van der Waals surface area contributed by atoms with Crippen molar-refractivity contribution in [1.82, 2.24) is 5.32 Å². The highest BCUT2D eigenvalue weighted by molar-refractivity contribution is 5.92. The molecule has 1 N–H and O–H groups in total. The quantitative estimate of drug-likeness (QED) is 0.321. The molecular formula is C13H25N2O3+. The number of hydrogen-bond donors (Lipinski definition) is 1. The third-order valence-corrected chi connectivity index (χ3v) is 2.76. The number of nitrogens with zero attached hydrogens (tertiary/aromatic N) is 1. The standard InChI is InChI=1S/C13H24N2O3/c1-7-11(14-13(17)10(3)4)15(5,6)9-12(16)18-8-2/h11H,3,7-9H2,1-2,4-6H3/p+1. The maximum absolute atomic E-state index is 11.6. The average molecular weight is 257 g/mol. The lowest BCUT2D eigenvalue weighted by Crippen LogP contribution is -2.59. The number of ether oxygens (including phenoxy) is 1. The van der Waals surface area contributed by atoms with Gasteiger partial charge in [0.1, 0.15) is 0 Å². The Balaban J connectivity index is 4.65. The number of rotatable bonds is 7. The summed E-state index contributed by atoms with van der Waals surface area (Å²) in [6.07, 6.45) is 0.587. The number of esters is 1. The SMILES string of the molecule is C=C(C)C(=O)NC(CC)[N+](C)(C)CC(=O)OCC. The summed E-state index contributed by atoms with van der Waals surface area (Å²) < 4.78 is 5.30. The highest BCUT2D eigenvalue weighted by Crippen LogP contribution is 2.09. The molecule has 0 heterocycles.